The van der Waals surface area contributed by atoms with Gasteiger partial charge in [-0.15, -0.1) is 10.2 Å². The lowest BCUT2D eigenvalue weighted by molar-refractivity contribution is 0.102. The molecule has 26 heavy (non-hydrogen) atoms. The Balaban J connectivity index is 1.62. The number of anilines is 2. The van der Waals surface area contributed by atoms with Gasteiger partial charge >= 0.3 is 0 Å². The second kappa shape index (κ2) is 8.11. The maximum atomic E-state index is 12.4. The Morgan fingerprint density at radius 1 is 0.962 bits per heavy atom. The molecule has 0 aliphatic carbocycles. The quantitative estimate of drug-likeness (QED) is 0.711. The Bertz CT molecular complexity index is 894. The van der Waals surface area contributed by atoms with Crippen LogP contribution in [0.25, 0.3) is 0 Å². The molecule has 0 bridgehead atoms. The van der Waals surface area contributed by atoms with E-state index in [1.807, 2.05) is 18.2 Å². The van der Waals surface area contributed by atoms with Crippen LogP contribution >= 0.6 is 0 Å². The van der Waals surface area contributed by atoms with Crippen molar-refractivity contribution in [3.63, 3.8) is 0 Å². The topological polar surface area (TPSA) is 76.1 Å². The molecule has 0 radical (unpaired) electrons. The van der Waals surface area contributed by atoms with Crippen molar-refractivity contribution >= 4 is 17.5 Å². The minimum Gasteiger partial charge on any atom is -0.496 e. The van der Waals surface area contributed by atoms with Gasteiger partial charge < -0.3 is 15.4 Å². The third-order valence-corrected chi connectivity index (χ3v) is 3.98. The first-order valence-corrected chi connectivity index (χ1v) is 8.24. The van der Waals surface area contributed by atoms with Crippen LogP contribution in [0.3, 0.4) is 0 Å². The number of ether oxygens (including phenoxy) is 1. The first-order chi connectivity index (χ1) is 12.7. The van der Waals surface area contributed by atoms with Gasteiger partial charge in [-0.1, -0.05) is 36.4 Å². The third-order valence-electron chi connectivity index (χ3n) is 3.98. The lowest BCUT2D eigenvalue weighted by Crippen LogP contribution is -2.14. The van der Waals surface area contributed by atoms with E-state index < -0.39 is 0 Å². The van der Waals surface area contributed by atoms with Gasteiger partial charge in [0.15, 0.2) is 5.82 Å². The number of carbonyl (C=O) groups excluding carboxylic acids is 1. The first-order valence-electron chi connectivity index (χ1n) is 8.24. The number of rotatable bonds is 6. The molecule has 3 aromatic rings. The Kier molecular flexibility index (Phi) is 5.43. The summed E-state index contributed by atoms with van der Waals surface area (Å²) in [5.74, 6) is 1.23. The van der Waals surface area contributed by atoms with E-state index in [1.54, 1.807) is 30.3 Å². The van der Waals surface area contributed by atoms with Crippen LogP contribution in [-0.4, -0.2) is 23.2 Å². The second-order valence-corrected chi connectivity index (χ2v) is 5.74. The van der Waals surface area contributed by atoms with Gasteiger partial charge in [0, 0.05) is 6.54 Å². The van der Waals surface area contributed by atoms with Crippen LogP contribution in [0.5, 0.6) is 5.75 Å². The number of methoxy groups -OCH3 is 1. The maximum absolute atomic E-state index is 12.4. The number of hydrogen-bond acceptors (Lipinski definition) is 5. The summed E-state index contributed by atoms with van der Waals surface area (Å²) in [4.78, 5) is 12.4. The molecule has 1 amide bonds. The summed E-state index contributed by atoms with van der Waals surface area (Å²) in [5.41, 5.74) is 2.86. The molecule has 0 aliphatic rings. The van der Waals surface area contributed by atoms with E-state index in [1.165, 1.54) is 18.2 Å². The van der Waals surface area contributed by atoms with E-state index >= 15 is 0 Å². The average Bonchev–Trinajstić information content (AvgIpc) is 2.68. The molecule has 132 valence electrons. The van der Waals surface area contributed by atoms with E-state index in [0.717, 1.165) is 0 Å². The zero-order valence-electron chi connectivity index (χ0n) is 14.7. The Morgan fingerprint density at radius 2 is 1.65 bits per heavy atom. The summed E-state index contributed by atoms with van der Waals surface area (Å²) in [5, 5.41) is 14.1. The molecule has 3 rings (SSSR count). The van der Waals surface area contributed by atoms with Crippen LogP contribution in [0.4, 0.5) is 11.6 Å². The number of nitrogens with one attached hydrogen (secondary N) is 2. The minimum atomic E-state index is -0.294. The van der Waals surface area contributed by atoms with Crippen molar-refractivity contribution in [2.24, 2.45) is 0 Å². The highest BCUT2D eigenvalue weighted by molar-refractivity contribution is 6.05. The number of aryl methyl sites for hydroxylation is 1. The van der Waals surface area contributed by atoms with Gasteiger partial charge in [0.1, 0.15) is 11.6 Å². The summed E-state index contributed by atoms with van der Waals surface area (Å²) < 4.78 is 5.20. The normalized spacial score (nSPS) is 10.2. The summed E-state index contributed by atoms with van der Waals surface area (Å²) in [7, 11) is 1.53. The van der Waals surface area contributed by atoms with Gasteiger partial charge in [0.2, 0.25) is 0 Å². The van der Waals surface area contributed by atoms with Crippen LogP contribution in [-0.2, 0) is 6.54 Å². The zero-order chi connectivity index (χ0) is 18.4. The van der Waals surface area contributed by atoms with E-state index in [4.69, 9.17) is 4.74 Å². The lowest BCUT2D eigenvalue weighted by atomic mass is 10.1. The third kappa shape index (κ3) is 4.16. The van der Waals surface area contributed by atoms with Crippen molar-refractivity contribution in [2.75, 3.05) is 17.7 Å². The monoisotopic (exact) mass is 348 g/mol. The predicted molar refractivity (Wildman–Crippen MR) is 101 cm³/mol. The minimum absolute atomic E-state index is 0.294. The molecule has 2 aromatic carbocycles. The zero-order valence-corrected chi connectivity index (χ0v) is 14.7. The first kappa shape index (κ1) is 17.4. The van der Waals surface area contributed by atoms with E-state index in [0.29, 0.717) is 29.5 Å². The predicted octanol–water partition coefficient (Wildman–Crippen LogP) is 3.66. The van der Waals surface area contributed by atoms with Crippen molar-refractivity contribution in [2.45, 2.75) is 13.5 Å². The van der Waals surface area contributed by atoms with Crippen molar-refractivity contribution in [3.8, 4) is 5.75 Å². The number of aromatic nitrogens is 2. The van der Waals surface area contributed by atoms with Crippen molar-refractivity contribution < 1.29 is 9.53 Å². The molecule has 0 unspecified atom stereocenters. The Labute approximate surface area is 152 Å². The number of carbonyl (C=O) groups is 1. The van der Waals surface area contributed by atoms with Gasteiger partial charge in [0.25, 0.3) is 5.91 Å². The number of hydrogen-bond donors (Lipinski definition) is 2. The van der Waals surface area contributed by atoms with Crippen LogP contribution in [0.15, 0.2) is 60.7 Å². The summed E-state index contributed by atoms with van der Waals surface area (Å²) in [6.45, 7) is 2.73. The van der Waals surface area contributed by atoms with Crippen LogP contribution in [0, 0.1) is 6.92 Å². The SMILES string of the molecule is COc1ccccc1C(=O)Nc1ccc(NCc2ccccc2C)nn1. The van der Waals surface area contributed by atoms with E-state index in [2.05, 4.69) is 39.9 Å². The molecule has 0 atom stereocenters. The molecular formula is C20H20N4O2. The fourth-order valence-corrected chi connectivity index (χ4v) is 2.50. The summed E-state index contributed by atoms with van der Waals surface area (Å²) in [6, 6.07) is 18.7. The maximum Gasteiger partial charge on any atom is 0.260 e. The molecule has 1 aromatic heterocycles. The lowest BCUT2D eigenvalue weighted by Gasteiger charge is -2.10. The molecule has 1 heterocycles. The number of benzene rings is 2. The summed E-state index contributed by atoms with van der Waals surface area (Å²) >= 11 is 0. The second-order valence-electron chi connectivity index (χ2n) is 5.74. The van der Waals surface area contributed by atoms with Crippen LogP contribution < -0.4 is 15.4 Å². The highest BCUT2D eigenvalue weighted by atomic mass is 16.5. The van der Waals surface area contributed by atoms with Crippen molar-refractivity contribution in [1.29, 1.82) is 0 Å². The summed E-state index contributed by atoms with van der Waals surface area (Å²) in [6.07, 6.45) is 0. The van der Waals surface area contributed by atoms with Gasteiger partial charge in [0.05, 0.1) is 12.7 Å². The van der Waals surface area contributed by atoms with Gasteiger partial charge in [-0.25, -0.2) is 0 Å². The van der Waals surface area contributed by atoms with Crippen LogP contribution in [0.1, 0.15) is 21.5 Å². The van der Waals surface area contributed by atoms with Crippen molar-refractivity contribution in [1.82, 2.24) is 10.2 Å². The molecular weight excluding hydrogens is 328 g/mol. The smallest absolute Gasteiger partial charge is 0.260 e. The highest BCUT2D eigenvalue weighted by Crippen LogP contribution is 2.18. The molecule has 0 saturated heterocycles. The van der Waals surface area contributed by atoms with Gasteiger partial charge in [-0.3, -0.25) is 4.79 Å². The molecule has 6 heteroatoms. The molecule has 0 spiro atoms. The van der Waals surface area contributed by atoms with Crippen LogP contribution in [0.2, 0.25) is 0 Å². The standard InChI is InChI=1S/C20H20N4O2/c1-14-7-3-4-8-15(14)13-21-18-11-12-19(24-23-18)22-20(25)16-9-5-6-10-17(16)26-2/h3-12H,13H2,1-2H3,(H,21,23)(H,22,24,25). The number of amides is 1. The highest BCUT2D eigenvalue weighted by Gasteiger charge is 2.12. The number of para-hydroxylation sites is 1. The Hall–Kier alpha value is -3.41. The fraction of sp³-hybridized carbons (Fsp3) is 0.150. The molecule has 6 nitrogen and oxygen atoms in total. The van der Waals surface area contributed by atoms with Gasteiger partial charge in [-0.2, -0.15) is 0 Å². The Morgan fingerprint density at radius 3 is 2.38 bits per heavy atom. The van der Waals surface area contributed by atoms with Crippen molar-refractivity contribution in [3.05, 3.63) is 77.4 Å². The molecule has 0 aliphatic heterocycles. The van der Waals surface area contributed by atoms with Gasteiger partial charge in [-0.05, 0) is 42.3 Å². The molecule has 0 saturated carbocycles. The largest absolute Gasteiger partial charge is 0.496 e. The molecule has 2 N–H and O–H groups in total. The van der Waals surface area contributed by atoms with E-state index in [9.17, 15) is 4.79 Å². The number of nitrogens with zero attached hydrogens (tertiary/aromatic N) is 2. The fourth-order valence-electron chi connectivity index (χ4n) is 2.50. The van der Waals surface area contributed by atoms with E-state index in [-0.39, 0.29) is 5.91 Å². The average molecular weight is 348 g/mol. The molecule has 0 fully saturated rings.